The minimum Gasteiger partial charge on any atom is -0.391 e. The number of hydrogen-bond donors (Lipinski definition) is 2. The van der Waals surface area contributed by atoms with Crippen LogP contribution in [0.5, 0.6) is 0 Å². The molecule has 19 heavy (non-hydrogen) atoms. The van der Waals surface area contributed by atoms with Gasteiger partial charge in [0.1, 0.15) is 0 Å². The van der Waals surface area contributed by atoms with Crippen molar-refractivity contribution >= 4 is 10.0 Å². The van der Waals surface area contributed by atoms with Gasteiger partial charge in [0, 0.05) is 0 Å². The first-order valence-electron chi connectivity index (χ1n) is 6.44. The van der Waals surface area contributed by atoms with Crippen molar-refractivity contribution in [2.75, 3.05) is 0 Å². The maximum atomic E-state index is 12.2. The highest BCUT2D eigenvalue weighted by Gasteiger charge is 2.33. The Balaban J connectivity index is 3.08. The van der Waals surface area contributed by atoms with Crippen LogP contribution in [0, 0.1) is 0 Å². The minimum absolute atomic E-state index is 0.478. The molecule has 0 bridgehead atoms. The van der Waals surface area contributed by atoms with E-state index in [-0.39, 0.29) is 0 Å². The van der Waals surface area contributed by atoms with E-state index in [1.165, 1.54) is 0 Å². The molecular formula is C14H23NO3S. The minimum atomic E-state index is -3.51. The van der Waals surface area contributed by atoms with Crippen LogP contribution in [0.15, 0.2) is 30.3 Å². The molecule has 1 aromatic carbocycles. The van der Waals surface area contributed by atoms with Gasteiger partial charge in [-0.15, -0.1) is 0 Å². The van der Waals surface area contributed by atoms with E-state index in [4.69, 9.17) is 0 Å². The number of hydrogen-bond acceptors (Lipinski definition) is 3. The first-order chi connectivity index (χ1) is 8.69. The monoisotopic (exact) mass is 285 g/mol. The van der Waals surface area contributed by atoms with Crippen molar-refractivity contribution < 1.29 is 13.5 Å². The van der Waals surface area contributed by atoms with Gasteiger partial charge in [-0.1, -0.05) is 37.3 Å². The summed E-state index contributed by atoms with van der Waals surface area (Å²) >= 11 is 0. The van der Waals surface area contributed by atoms with Crippen LogP contribution >= 0.6 is 0 Å². The molecule has 0 fully saturated rings. The molecule has 0 heterocycles. The third kappa shape index (κ3) is 4.03. The SMILES string of the molecule is CC[C@@H](O)[C@H](NS(=O)(=O)C(C)(C)C)c1ccccc1. The normalized spacial score (nSPS) is 16.1. The molecule has 1 rings (SSSR count). The van der Waals surface area contributed by atoms with E-state index >= 15 is 0 Å². The van der Waals surface area contributed by atoms with Crippen LogP contribution in [0.4, 0.5) is 0 Å². The molecule has 2 N–H and O–H groups in total. The summed E-state index contributed by atoms with van der Waals surface area (Å²) in [6.45, 7) is 6.73. The fourth-order valence-corrected chi connectivity index (χ4v) is 2.59. The zero-order chi connectivity index (χ0) is 14.7. The molecule has 0 radical (unpaired) electrons. The Hall–Kier alpha value is -0.910. The average Bonchev–Trinajstić information content (AvgIpc) is 2.35. The lowest BCUT2D eigenvalue weighted by Gasteiger charge is -2.28. The number of benzene rings is 1. The standard InChI is InChI=1S/C14H23NO3S/c1-5-12(16)13(11-9-7-6-8-10-11)15-19(17,18)14(2,3)4/h6-10,12-13,15-16H,5H2,1-4H3/t12-,13-/m1/s1. The summed E-state index contributed by atoms with van der Waals surface area (Å²) in [6, 6.07) is 8.53. The van der Waals surface area contributed by atoms with Gasteiger partial charge in [0.25, 0.3) is 0 Å². The summed E-state index contributed by atoms with van der Waals surface area (Å²) in [5.74, 6) is 0. The lowest BCUT2D eigenvalue weighted by molar-refractivity contribution is 0.133. The highest BCUT2D eigenvalue weighted by Crippen LogP contribution is 2.23. The van der Waals surface area contributed by atoms with E-state index in [0.29, 0.717) is 6.42 Å². The maximum absolute atomic E-state index is 12.2. The summed E-state index contributed by atoms with van der Waals surface area (Å²) in [4.78, 5) is 0. The van der Waals surface area contributed by atoms with Crippen molar-refractivity contribution in [3.05, 3.63) is 35.9 Å². The molecular weight excluding hydrogens is 262 g/mol. The molecule has 0 aliphatic heterocycles. The van der Waals surface area contributed by atoms with Gasteiger partial charge in [-0.2, -0.15) is 0 Å². The van der Waals surface area contributed by atoms with E-state index in [9.17, 15) is 13.5 Å². The lowest BCUT2D eigenvalue weighted by Crippen LogP contribution is -2.44. The van der Waals surface area contributed by atoms with Gasteiger partial charge in [0.15, 0.2) is 0 Å². The van der Waals surface area contributed by atoms with Crippen molar-refractivity contribution in [1.29, 1.82) is 0 Å². The number of rotatable bonds is 5. The van der Waals surface area contributed by atoms with Gasteiger partial charge in [0.05, 0.1) is 16.9 Å². The summed E-state index contributed by atoms with van der Waals surface area (Å²) in [7, 11) is -3.51. The molecule has 1 aromatic rings. The zero-order valence-electron chi connectivity index (χ0n) is 11.9. The predicted molar refractivity (Wildman–Crippen MR) is 77.3 cm³/mol. The van der Waals surface area contributed by atoms with E-state index in [2.05, 4.69) is 4.72 Å². The fraction of sp³-hybridized carbons (Fsp3) is 0.571. The van der Waals surface area contributed by atoms with E-state index < -0.39 is 26.9 Å². The largest absolute Gasteiger partial charge is 0.391 e. The second-order valence-electron chi connectivity index (χ2n) is 5.60. The van der Waals surface area contributed by atoms with Gasteiger partial charge < -0.3 is 5.11 Å². The van der Waals surface area contributed by atoms with Crippen molar-refractivity contribution in [2.45, 2.75) is 51.0 Å². The summed E-state index contributed by atoms with van der Waals surface area (Å²) in [5, 5.41) is 10.1. The van der Waals surface area contributed by atoms with Crippen LogP contribution in [-0.2, 0) is 10.0 Å². The molecule has 0 aromatic heterocycles. The number of sulfonamides is 1. The molecule has 0 spiro atoms. The Morgan fingerprint density at radius 2 is 1.74 bits per heavy atom. The van der Waals surface area contributed by atoms with Gasteiger partial charge in [0.2, 0.25) is 10.0 Å². The number of aliphatic hydroxyl groups is 1. The Labute approximate surface area is 115 Å². The van der Waals surface area contributed by atoms with Crippen LogP contribution in [0.25, 0.3) is 0 Å². The topological polar surface area (TPSA) is 66.4 Å². The molecule has 0 unspecified atom stereocenters. The van der Waals surface area contributed by atoms with Crippen LogP contribution in [0.1, 0.15) is 45.7 Å². The van der Waals surface area contributed by atoms with Crippen LogP contribution in [-0.4, -0.2) is 24.4 Å². The smallest absolute Gasteiger partial charge is 0.217 e. The Kier molecular flexibility index (Phi) is 5.12. The Bertz CT molecular complexity index is 491. The Morgan fingerprint density at radius 3 is 2.16 bits per heavy atom. The number of nitrogens with one attached hydrogen (secondary N) is 1. The van der Waals surface area contributed by atoms with E-state index in [0.717, 1.165) is 5.56 Å². The predicted octanol–water partition coefficient (Wildman–Crippen LogP) is 2.22. The van der Waals surface area contributed by atoms with Crippen molar-refractivity contribution in [2.24, 2.45) is 0 Å². The summed E-state index contributed by atoms with van der Waals surface area (Å²) < 4.78 is 26.2. The summed E-state index contributed by atoms with van der Waals surface area (Å²) in [5.41, 5.74) is 0.768. The van der Waals surface area contributed by atoms with E-state index in [1.54, 1.807) is 20.8 Å². The second kappa shape index (κ2) is 6.03. The third-order valence-electron chi connectivity index (χ3n) is 3.05. The molecule has 0 aliphatic carbocycles. The molecule has 0 saturated carbocycles. The first kappa shape index (κ1) is 16.1. The highest BCUT2D eigenvalue weighted by molar-refractivity contribution is 7.90. The van der Waals surface area contributed by atoms with Crippen LogP contribution < -0.4 is 4.72 Å². The van der Waals surface area contributed by atoms with Gasteiger partial charge in [-0.25, -0.2) is 13.1 Å². The first-order valence-corrected chi connectivity index (χ1v) is 7.92. The third-order valence-corrected chi connectivity index (χ3v) is 5.23. The molecule has 108 valence electrons. The second-order valence-corrected chi connectivity index (χ2v) is 8.06. The molecule has 4 nitrogen and oxygen atoms in total. The molecule has 2 atom stereocenters. The van der Waals surface area contributed by atoms with E-state index in [1.807, 2.05) is 37.3 Å². The van der Waals surface area contributed by atoms with Crippen molar-refractivity contribution in [3.63, 3.8) is 0 Å². The number of aliphatic hydroxyl groups excluding tert-OH is 1. The highest BCUT2D eigenvalue weighted by atomic mass is 32.2. The van der Waals surface area contributed by atoms with Crippen molar-refractivity contribution in [3.8, 4) is 0 Å². The van der Waals surface area contributed by atoms with Crippen molar-refractivity contribution in [1.82, 2.24) is 4.72 Å². The Morgan fingerprint density at radius 1 is 1.21 bits per heavy atom. The maximum Gasteiger partial charge on any atom is 0.217 e. The lowest BCUT2D eigenvalue weighted by atomic mass is 10.0. The average molecular weight is 285 g/mol. The quantitative estimate of drug-likeness (QED) is 0.871. The fourth-order valence-electron chi connectivity index (χ4n) is 1.61. The summed E-state index contributed by atoms with van der Waals surface area (Å²) in [6.07, 6.45) is -0.272. The van der Waals surface area contributed by atoms with Crippen LogP contribution in [0.2, 0.25) is 0 Å². The van der Waals surface area contributed by atoms with Gasteiger partial charge in [-0.05, 0) is 32.8 Å². The molecule has 0 amide bonds. The van der Waals surface area contributed by atoms with Gasteiger partial charge in [-0.3, -0.25) is 0 Å². The molecule has 5 heteroatoms. The molecule has 0 aliphatic rings. The van der Waals surface area contributed by atoms with Crippen LogP contribution in [0.3, 0.4) is 0 Å². The molecule has 0 saturated heterocycles. The van der Waals surface area contributed by atoms with Gasteiger partial charge >= 0.3 is 0 Å². The zero-order valence-corrected chi connectivity index (χ0v) is 12.7.